The first-order valence-corrected chi connectivity index (χ1v) is 8.32. The molecule has 2 heterocycles. The molecule has 0 spiro atoms. The van der Waals surface area contributed by atoms with E-state index < -0.39 is 5.97 Å². The van der Waals surface area contributed by atoms with Gasteiger partial charge in [-0.05, 0) is 37.3 Å². The summed E-state index contributed by atoms with van der Waals surface area (Å²) in [5.74, 6) is -0.826. The standard InChI is InChI=1S/C17H25N3O3/c21-16(19-10-3-6-17(22)23)5-2-1-4-14-8-7-13-12-18-11-9-15(13)20-14/h7-8,18H,1-6,9-12H2,(H,19,21)(H,22,23). The van der Waals surface area contributed by atoms with E-state index in [0.717, 1.165) is 44.5 Å². The smallest absolute Gasteiger partial charge is 0.303 e. The van der Waals surface area contributed by atoms with Crippen molar-refractivity contribution in [1.29, 1.82) is 0 Å². The number of fused-ring (bicyclic) bond motifs is 1. The number of unbranched alkanes of at least 4 members (excludes halogenated alkanes) is 1. The highest BCUT2D eigenvalue weighted by molar-refractivity contribution is 5.75. The van der Waals surface area contributed by atoms with Crippen LogP contribution in [-0.2, 0) is 29.0 Å². The number of nitrogens with zero attached hydrogens (tertiary/aromatic N) is 1. The highest BCUT2D eigenvalue weighted by atomic mass is 16.4. The lowest BCUT2D eigenvalue weighted by atomic mass is 10.0. The van der Waals surface area contributed by atoms with Crippen molar-refractivity contribution in [2.45, 2.75) is 51.5 Å². The van der Waals surface area contributed by atoms with Crippen molar-refractivity contribution in [3.05, 3.63) is 29.1 Å². The van der Waals surface area contributed by atoms with Gasteiger partial charge in [0.2, 0.25) is 5.91 Å². The number of carbonyl (C=O) groups excluding carboxylic acids is 1. The molecule has 0 aromatic carbocycles. The second-order valence-electron chi connectivity index (χ2n) is 5.89. The Morgan fingerprint density at radius 3 is 2.91 bits per heavy atom. The number of rotatable bonds is 9. The minimum absolute atomic E-state index is 0.000127. The van der Waals surface area contributed by atoms with Crippen LogP contribution in [0.4, 0.5) is 0 Å². The van der Waals surface area contributed by atoms with Crippen LogP contribution in [0.1, 0.15) is 49.1 Å². The molecule has 2 rings (SSSR count). The molecule has 0 bridgehead atoms. The van der Waals surface area contributed by atoms with Crippen LogP contribution >= 0.6 is 0 Å². The van der Waals surface area contributed by atoms with Crippen molar-refractivity contribution in [1.82, 2.24) is 15.6 Å². The van der Waals surface area contributed by atoms with E-state index >= 15 is 0 Å². The van der Waals surface area contributed by atoms with Gasteiger partial charge in [0.05, 0.1) is 0 Å². The Labute approximate surface area is 136 Å². The maximum atomic E-state index is 11.6. The first-order chi connectivity index (χ1) is 11.1. The van der Waals surface area contributed by atoms with Gasteiger partial charge in [0.15, 0.2) is 0 Å². The number of aromatic nitrogens is 1. The van der Waals surface area contributed by atoms with E-state index in [0.29, 0.717) is 19.4 Å². The van der Waals surface area contributed by atoms with E-state index in [2.05, 4.69) is 22.8 Å². The highest BCUT2D eigenvalue weighted by Crippen LogP contribution is 2.13. The Balaban J connectivity index is 1.60. The predicted molar refractivity (Wildman–Crippen MR) is 87.1 cm³/mol. The molecule has 0 saturated carbocycles. The zero-order valence-electron chi connectivity index (χ0n) is 13.4. The molecule has 6 heteroatoms. The molecule has 0 unspecified atom stereocenters. The highest BCUT2D eigenvalue weighted by Gasteiger charge is 2.10. The van der Waals surface area contributed by atoms with E-state index in [1.807, 2.05) is 0 Å². The van der Waals surface area contributed by atoms with Crippen molar-refractivity contribution >= 4 is 11.9 Å². The van der Waals surface area contributed by atoms with Crippen LogP contribution < -0.4 is 10.6 Å². The van der Waals surface area contributed by atoms with Crippen LogP contribution in [0.15, 0.2) is 12.1 Å². The summed E-state index contributed by atoms with van der Waals surface area (Å²) in [7, 11) is 0. The monoisotopic (exact) mass is 319 g/mol. The van der Waals surface area contributed by atoms with Gasteiger partial charge in [0.25, 0.3) is 0 Å². The van der Waals surface area contributed by atoms with Gasteiger partial charge < -0.3 is 15.7 Å². The van der Waals surface area contributed by atoms with E-state index in [4.69, 9.17) is 10.1 Å². The molecule has 23 heavy (non-hydrogen) atoms. The summed E-state index contributed by atoms with van der Waals surface area (Å²) in [6.45, 7) is 2.34. The lowest BCUT2D eigenvalue weighted by molar-refractivity contribution is -0.137. The third-order valence-electron chi connectivity index (χ3n) is 3.96. The predicted octanol–water partition coefficient (Wildman–Crippen LogP) is 1.42. The largest absolute Gasteiger partial charge is 0.481 e. The molecule has 3 N–H and O–H groups in total. The number of hydrogen-bond donors (Lipinski definition) is 3. The third kappa shape index (κ3) is 6.36. The number of aliphatic carboxylic acids is 1. The first-order valence-electron chi connectivity index (χ1n) is 8.32. The van der Waals surface area contributed by atoms with Crippen LogP contribution in [0.5, 0.6) is 0 Å². The van der Waals surface area contributed by atoms with Crippen molar-refractivity contribution in [2.75, 3.05) is 13.1 Å². The molecule has 0 fully saturated rings. The number of aryl methyl sites for hydroxylation is 1. The zero-order chi connectivity index (χ0) is 16.5. The molecule has 1 aliphatic rings. The van der Waals surface area contributed by atoms with Crippen LogP contribution in [0, 0.1) is 0 Å². The number of carboxylic acids is 1. The van der Waals surface area contributed by atoms with Gasteiger partial charge in [0, 0.05) is 50.3 Å². The quantitative estimate of drug-likeness (QED) is 0.599. The van der Waals surface area contributed by atoms with Crippen LogP contribution in [0.2, 0.25) is 0 Å². The molecule has 1 amide bonds. The summed E-state index contributed by atoms with van der Waals surface area (Å²) in [6, 6.07) is 4.23. The maximum Gasteiger partial charge on any atom is 0.303 e. The summed E-state index contributed by atoms with van der Waals surface area (Å²) < 4.78 is 0. The second-order valence-corrected chi connectivity index (χ2v) is 5.89. The number of carboxylic acid groups (broad SMARTS) is 1. The van der Waals surface area contributed by atoms with Crippen molar-refractivity contribution in [3.63, 3.8) is 0 Å². The second kappa shape index (κ2) is 9.25. The van der Waals surface area contributed by atoms with Crippen LogP contribution in [0.3, 0.4) is 0 Å². The molecule has 1 aliphatic heterocycles. The normalized spacial score (nSPS) is 13.4. The number of amides is 1. The molecule has 0 saturated heterocycles. The van der Waals surface area contributed by atoms with E-state index in [1.54, 1.807) is 0 Å². The lowest BCUT2D eigenvalue weighted by Crippen LogP contribution is -2.25. The number of pyridine rings is 1. The van der Waals surface area contributed by atoms with Crippen molar-refractivity contribution < 1.29 is 14.7 Å². The molecule has 0 aliphatic carbocycles. The van der Waals surface area contributed by atoms with Gasteiger partial charge in [-0.15, -0.1) is 0 Å². The van der Waals surface area contributed by atoms with Gasteiger partial charge in [-0.2, -0.15) is 0 Å². The third-order valence-corrected chi connectivity index (χ3v) is 3.96. The summed E-state index contributed by atoms with van der Waals surface area (Å²) >= 11 is 0. The molecule has 6 nitrogen and oxygen atoms in total. The van der Waals surface area contributed by atoms with E-state index in [-0.39, 0.29) is 12.3 Å². The fraction of sp³-hybridized carbons (Fsp3) is 0.588. The summed E-state index contributed by atoms with van der Waals surface area (Å²) in [6.07, 6.45) is 4.71. The van der Waals surface area contributed by atoms with Crippen LogP contribution in [0.25, 0.3) is 0 Å². The van der Waals surface area contributed by atoms with Gasteiger partial charge in [-0.3, -0.25) is 14.6 Å². The topological polar surface area (TPSA) is 91.3 Å². The average molecular weight is 319 g/mol. The molecular weight excluding hydrogens is 294 g/mol. The van der Waals surface area contributed by atoms with Crippen molar-refractivity contribution in [2.24, 2.45) is 0 Å². The summed E-state index contributed by atoms with van der Waals surface area (Å²) in [5, 5.41) is 14.6. The van der Waals surface area contributed by atoms with Gasteiger partial charge in [0.1, 0.15) is 0 Å². The maximum absolute atomic E-state index is 11.6. The average Bonchev–Trinajstić information content (AvgIpc) is 2.55. The fourth-order valence-electron chi connectivity index (χ4n) is 2.67. The van der Waals surface area contributed by atoms with Gasteiger partial charge in [-0.25, -0.2) is 0 Å². The van der Waals surface area contributed by atoms with Gasteiger partial charge >= 0.3 is 5.97 Å². The molecule has 126 valence electrons. The van der Waals surface area contributed by atoms with Gasteiger partial charge in [-0.1, -0.05) is 6.07 Å². The number of hydrogen-bond acceptors (Lipinski definition) is 4. The zero-order valence-corrected chi connectivity index (χ0v) is 13.4. The Kier molecular flexibility index (Phi) is 7.00. The molecule has 1 aromatic heterocycles. The SMILES string of the molecule is O=C(O)CCCNC(=O)CCCCc1ccc2c(n1)CCNC2. The summed E-state index contributed by atoms with van der Waals surface area (Å²) in [4.78, 5) is 26.7. The molecule has 1 aromatic rings. The molecular formula is C17H25N3O3. The molecule has 0 atom stereocenters. The fourth-order valence-corrected chi connectivity index (χ4v) is 2.67. The van der Waals surface area contributed by atoms with Crippen molar-refractivity contribution in [3.8, 4) is 0 Å². The van der Waals surface area contributed by atoms with E-state index in [1.165, 1.54) is 11.3 Å². The summed E-state index contributed by atoms with van der Waals surface area (Å²) in [5.41, 5.74) is 3.60. The first kappa shape index (κ1) is 17.4. The Morgan fingerprint density at radius 2 is 2.09 bits per heavy atom. The minimum Gasteiger partial charge on any atom is -0.481 e. The Morgan fingerprint density at radius 1 is 1.22 bits per heavy atom. The van der Waals surface area contributed by atoms with E-state index in [9.17, 15) is 9.59 Å². The Hall–Kier alpha value is -1.95. The Bertz CT molecular complexity index is 546. The van der Waals surface area contributed by atoms with Crippen LogP contribution in [-0.4, -0.2) is 35.1 Å². The lowest BCUT2D eigenvalue weighted by Gasteiger charge is -2.16. The number of carbonyl (C=O) groups is 2. The number of nitrogens with one attached hydrogen (secondary N) is 2. The molecule has 0 radical (unpaired) electrons. The minimum atomic E-state index is -0.826.